The molecule has 0 saturated carbocycles. The Morgan fingerprint density at radius 2 is 2.12 bits per heavy atom. The highest BCUT2D eigenvalue weighted by Gasteiger charge is 2.39. The van der Waals surface area contributed by atoms with E-state index in [1.807, 2.05) is 26.8 Å². The molecule has 3 atom stereocenters. The molecule has 24 heavy (non-hydrogen) atoms. The molecule has 0 amide bonds. The molecule has 1 aliphatic heterocycles. The molecule has 2 rings (SSSR count). The summed E-state index contributed by atoms with van der Waals surface area (Å²) in [6.07, 6.45) is 6.23. The average Bonchev–Trinajstić information content (AvgIpc) is 2.72. The van der Waals surface area contributed by atoms with Crippen LogP contribution < -0.4 is 0 Å². The predicted octanol–water partition coefficient (Wildman–Crippen LogP) is 4.12. The van der Waals surface area contributed by atoms with E-state index in [0.717, 1.165) is 18.4 Å². The van der Waals surface area contributed by atoms with Gasteiger partial charge in [0.2, 0.25) is 0 Å². The molecule has 0 spiro atoms. The van der Waals surface area contributed by atoms with Gasteiger partial charge in [-0.25, -0.2) is 4.79 Å². The van der Waals surface area contributed by atoms with Gasteiger partial charge in [-0.2, -0.15) is 0 Å². The summed E-state index contributed by atoms with van der Waals surface area (Å²) in [6, 6.07) is 0. The molecule has 0 aromatic heterocycles. The fraction of sp³-hybridized carbons (Fsp3) is 0.600. The summed E-state index contributed by atoms with van der Waals surface area (Å²) in [5, 5.41) is 0. The minimum Gasteiger partial charge on any atom is -0.458 e. The first-order valence-corrected chi connectivity index (χ1v) is 8.71. The maximum atomic E-state index is 12.1. The van der Waals surface area contributed by atoms with Crippen molar-refractivity contribution in [3.63, 3.8) is 0 Å². The second-order valence-electron chi connectivity index (χ2n) is 7.31. The summed E-state index contributed by atoms with van der Waals surface area (Å²) < 4.78 is 11.2. The van der Waals surface area contributed by atoms with E-state index in [4.69, 9.17) is 9.47 Å². The quantitative estimate of drug-likeness (QED) is 0.443. The van der Waals surface area contributed by atoms with Crippen molar-refractivity contribution in [2.45, 2.75) is 65.6 Å². The molecule has 0 bridgehead atoms. The van der Waals surface area contributed by atoms with Crippen molar-refractivity contribution < 1.29 is 19.1 Å². The van der Waals surface area contributed by atoms with Crippen LogP contribution in [0.5, 0.6) is 0 Å². The molecule has 1 fully saturated rings. The van der Waals surface area contributed by atoms with Crippen molar-refractivity contribution in [2.24, 2.45) is 11.8 Å². The zero-order valence-electron chi connectivity index (χ0n) is 15.1. The van der Waals surface area contributed by atoms with Crippen molar-refractivity contribution in [3.8, 4) is 0 Å². The molecule has 3 unspecified atom stereocenters. The highest BCUT2D eigenvalue weighted by atomic mass is 16.6. The van der Waals surface area contributed by atoms with Crippen molar-refractivity contribution in [2.75, 3.05) is 0 Å². The second kappa shape index (κ2) is 7.82. The van der Waals surface area contributed by atoms with Gasteiger partial charge in [-0.05, 0) is 50.7 Å². The van der Waals surface area contributed by atoms with Crippen LogP contribution in [-0.2, 0) is 19.1 Å². The van der Waals surface area contributed by atoms with Gasteiger partial charge in [-0.1, -0.05) is 32.1 Å². The molecular weight excluding hydrogens is 304 g/mol. The lowest BCUT2D eigenvalue weighted by molar-refractivity contribution is -0.149. The van der Waals surface area contributed by atoms with Gasteiger partial charge in [0.05, 0.1) is 0 Å². The van der Waals surface area contributed by atoms with Gasteiger partial charge in [0.1, 0.15) is 12.2 Å². The summed E-state index contributed by atoms with van der Waals surface area (Å²) in [5.41, 5.74) is 2.71. The normalized spacial score (nSPS) is 32.3. The molecule has 0 aromatic rings. The third kappa shape index (κ3) is 4.59. The number of rotatable bonds is 3. The van der Waals surface area contributed by atoms with Crippen LogP contribution in [0.2, 0.25) is 0 Å². The molecule has 4 heteroatoms. The smallest absolute Gasteiger partial charge is 0.334 e. The fourth-order valence-corrected chi connectivity index (χ4v) is 3.18. The number of allylic oxidation sites excluding steroid dienone is 2. The molecular formula is C20H28O4. The van der Waals surface area contributed by atoms with Gasteiger partial charge in [-0.3, -0.25) is 4.79 Å². The Morgan fingerprint density at radius 1 is 1.42 bits per heavy atom. The minimum absolute atomic E-state index is 0.147. The summed E-state index contributed by atoms with van der Waals surface area (Å²) in [6.45, 7) is 11.9. The van der Waals surface area contributed by atoms with Gasteiger partial charge in [-0.15, -0.1) is 0 Å². The van der Waals surface area contributed by atoms with Crippen LogP contribution in [-0.4, -0.2) is 24.1 Å². The number of esters is 2. The third-order valence-corrected chi connectivity index (χ3v) is 4.63. The molecule has 0 aromatic carbocycles. The lowest BCUT2D eigenvalue weighted by Crippen LogP contribution is -2.27. The summed E-state index contributed by atoms with van der Waals surface area (Å²) in [7, 11) is 0. The molecule has 0 radical (unpaired) electrons. The number of carbonyl (C=O) groups is 2. The van der Waals surface area contributed by atoms with Gasteiger partial charge < -0.3 is 9.47 Å². The summed E-state index contributed by atoms with van der Waals surface area (Å²) >= 11 is 0. The van der Waals surface area contributed by atoms with Crippen LogP contribution in [0.3, 0.4) is 0 Å². The lowest BCUT2D eigenvalue weighted by atomic mass is 9.86. The topological polar surface area (TPSA) is 52.6 Å². The van der Waals surface area contributed by atoms with Gasteiger partial charge in [0.15, 0.2) is 0 Å². The first-order valence-electron chi connectivity index (χ1n) is 8.71. The maximum Gasteiger partial charge on any atom is 0.334 e. The van der Waals surface area contributed by atoms with Crippen molar-refractivity contribution in [3.05, 3.63) is 35.5 Å². The van der Waals surface area contributed by atoms with E-state index in [1.54, 1.807) is 0 Å². The highest BCUT2D eigenvalue weighted by Crippen LogP contribution is 2.35. The van der Waals surface area contributed by atoms with Crippen molar-refractivity contribution in [1.29, 1.82) is 0 Å². The molecule has 0 N–H and O–H groups in total. The Kier molecular flexibility index (Phi) is 6.03. The van der Waals surface area contributed by atoms with E-state index in [1.165, 1.54) is 5.57 Å². The van der Waals surface area contributed by atoms with E-state index in [-0.39, 0.29) is 36.0 Å². The van der Waals surface area contributed by atoms with E-state index in [2.05, 4.69) is 19.6 Å². The van der Waals surface area contributed by atoms with Gasteiger partial charge >= 0.3 is 11.9 Å². The van der Waals surface area contributed by atoms with Crippen LogP contribution in [0, 0.1) is 11.8 Å². The Balaban J connectivity index is 2.23. The van der Waals surface area contributed by atoms with Crippen LogP contribution in [0.1, 0.15) is 53.4 Å². The van der Waals surface area contributed by atoms with Gasteiger partial charge in [0, 0.05) is 17.9 Å². The first kappa shape index (κ1) is 18.5. The summed E-state index contributed by atoms with van der Waals surface area (Å²) in [5.74, 6) is -0.433. The Hall–Kier alpha value is -1.84. The second-order valence-corrected chi connectivity index (χ2v) is 7.31. The maximum absolute atomic E-state index is 12.1. The standard InChI is InChI=1S/C20H28O4/c1-12(2)9-19(21)23-17-11-16-15(5)20(22)24-18(16)10-13(3)7-6-8-14(17)4/h8,10,12,16-18H,5-7,9,11H2,1-4H3/b13-10+,14-8+. The number of hydrogen-bond donors (Lipinski definition) is 0. The van der Waals surface area contributed by atoms with E-state index < -0.39 is 0 Å². The molecule has 2 aliphatic rings. The minimum atomic E-state index is -0.345. The van der Waals surface area contributed by atoms with Crippen LogP contribution in [0.15, 0.2) is 35.5 Å². The van der Waals surface area contributed by atoms with Crippen LogP contribution >= 0.6 is 0 Å². The lowest BCUT2D eigenvalue weighted by Gasteiger charge is -2.25. The first-order chi connectivity index (χ1) is 11.3. The van der Waals surface area contributed by atoms with E-state index in [9.17, 15) is 9.59 Å². The number of fused-ring (bicyclic) bond motifs is 1. The number of hydrogen-bond acceptors (Lipinski definition) is 4. The largest absolute Gasteiger partial charge is 0.458 e. The Labute approximate surface area is 144 Å². The fourth-order valence-electron chi connectivity index (χ4n) is 3.18. The molecule has 1 heterocycles. The zero-order chi connectivity index (χ0) is 17.9. The van der Waals surface area contributed by atoms with Gasteiger partial charge in [0.25, 0.3) is 0 Å². The molecule has 1 aliphatic carbocycles. The van der Waals surface area contributed by atoms with Crippen LogP contribution in [0.4, 0.5) is 0 Å². The zero-order valence-corrected chi connectivity index (χ0v) is 15.1. The monoisotopic (exact) mass is 332 g/mol. The predicted molar refractivity (Wildman–Crippen MR) is 93.2 cm³/mol. The van der Waals surface area contributed by atoms with E-state index >= 15 is 0 Å². The molecule has 132 valence electrons. The van der Waals surface area contributed by atoms with Crippen molar-refractivity contribution >= 4 is 11.9 Å². The molecule has 1 saturated heterocycles. The Morgan fingerprint density at radius 3 is 2.79 bits per heavy atom. The summed E-state index contributed by atoms with van der Waals surface area (Å²) in [4.78, 5) is 24.1. The number of carbonyl (C=O) groups excluding carboxylic acids is 2. The van der Waals surface area contributed by atoms with E-state index in [0.29, 0.717) is 18.4 Å². The Bertz CT molecular complexity index is 582. The molecule has 4 nitrogen and oxygen atoms in total. The highest BCUT2D eigenvalue weighted by molar-refractivity contribution is 5.91. The van der Waals surface area contributed by atoms with Crippen LogP contribution in [0.25, 0.3) is 0 Å². The number of ether oxygens (including phenoxy) is 2. The third-order valence-electron chi connectivity index (χ3n) is 4.63. The average molecular weight is 332 g/mol. The van der Waals surface area contributed by atoms with Crippen molar-refractivity contribution in [1.82, 2.24) is 0 Å². The SMILES string of the molecule is C=C1C(=O)OC2/C=C(\C)CC/C=C(\C)C(OC(=O)CC(C)C)CC12.